The van der Waals surface area contributed by atoms with E-state index in [1.54, 1.807) is 6.07 Å². The first-order valence-corrected chi connectivity index (χ1v) is 11.0. The molecule has 2 aromatic carbocycles. The first-order chi connectivity index (χ1) is 15.6. The molecule has 3 aromatic rings. The quantitative estimate of drug-likeness (QED) is 0.541. The molecule has 0 radical (unpaired) electrons. The Kier molecular flexibility index (Phi) is 7.07. The molecule has 166 valence electrons. The summed E-state index contributed by atoms with van der Waals surface area (Å²) in [6.45, 7) is 5.13. The van der Waals surface area contributed by atoms with E-state index >= 15 is 0 Å². The molecule has 0 atom stereocenters. The molecule has 1 amide bonds. The smallest absolute Gasteiger partial charge is 0.260 e. The predicted molar refractivity (Wildman–Crippen MR) is 124 cm³/mol. The molecule has 2 heterocycles. The molecule has 0 N–H and O–H groups in total. The van der Waals surface area contributed by atoms with E-state index in [1.165, 1.54) is 0 Å². The summed E-state index contributed by atoms with van der Waals surface area (Å²) >= 11 is 5.95. The third kappa shape index (κ3) is 5.48. The second-order valence-corrected chi connectivity index (χ2v) is 7.78. The van der Waals surface area contributed by atoms with Gasteiger partial charge in [-0.1, -0.05) is 29.8 Å². The molecule has 1 aromatic heterocycles. The molecular weight excluding hydrogens is 428 g/mol. The van der Waals surface area contributed by atoms with E-state index in [1.807, 2.05) is 66.4 Å². The Labute approximate surface area is 192 Å². The SMILES string of the molecule is CCOc1cccc(OCC(=O)N2CCN(c3ccc(-c4ccc(Cl)cc4)nn3)CC2)c1. The third-order valence-electron chi connectivity index (χ3n) is 5.23. The molecule has 1 aliphatic rings. The van der Waals surface area contributed by atoms with Gasteiger partial charge in [-0.2, -0.15) is 0 Å². The van der Waals surface area contributed by atoms with Gasteiger partial charge in [0, 0.05) is 42.8 Å². The van der Waals surface area contributed by atoms with Gasteiger partial charge in [-0.05, 0) is 43.3 Å². The molecule has 4 rings (SSSR count). The number of ether oxygens (including phenoxy) is 2. The minimum atomic E-state index is -0.0318. The first-order valence-electron chi connectivity index (χ1n) is 10.6. The number of carbonyl (C=O) groups excluding carboxylic acids is 1. The third-order valence-corrected chi connectivity index (χ3v) is 5.48. The van der Waals surface area contributed by atoms with Crippen LogP contribution >= 0.6 is 11.6 Å². The van der Waals surface area contributed by atoms with Crippen LogP contribution in [0.2, 0.25) is 5.02 Å². The van der Waals surface area contributed by atoms with Crippen LogP contribution in [0.15, 0.2) is 60.7 Å². The minimum Gasteiger partial charge on any atom is -0.494 e. The van der Waals surface area contributed by atoms with Crippen molar-refractivity contribution < 1.29 is 14.3 Å². The Bertz CT molecular complexity index is 1040. The van der Waals surface area contributed by atoms with Crippen molar-refractivity contribution in [1.82, 2.24) is 15.1 Å². The van der Waals surface area contributed by atoms with Gasteiger partial charge in [0.05, 0.1) is 12.3 Å². The van der Waals surface area contributed by atoms with Gasteiger partial charge in [0.15, 0.2) is 12.4 Å². The highest BCUT2D eigenvalue weighted by atomic mass is 35.5. The fourth-order valence-electron chi connectivity index (χ4n) is 3.51. The molecule has 7 nitrogen and oxygen atoms in total. The highest BCUT2D eigenvalue weighted by Gasteiger charge is 2.22. The van der Waals surface area contributed by atoms with Crippen LogP contribution in [0.4, 0.5) is 5.82 Å². The molecule has 0 saturated carbocycles. The molecule has 0 unspecified atom stereocenters. The monoisotopic (exact) mass is 452 g/mol. The fourth-order valence-corrected chi connectivity index (χ4v) is 3.64. The second kappa shape index (κ2) is 10.3. The largest absolute Gasteiger partial charge is 0.494 e. The maximum Gasteiger partial charge on any atom is 0.260 e. The molecule has 32 heavy (non-hydrogen) atoms. The molecule has 1 saturated heterocycles. The predicted octanol–water partition coefficient (Wildman–Crippen LogP) is 3.92. The van der Waals surface area contributed by atoms with Gasteiger partial charge in [0.25, 0.3) is 5.91 Å². The lowest BCUT2D eigenvalue weighted by atomic mass is 10.1. The number of carbonyl (C=O) groups is 1. The Morgan fingerprint density at radius 3 is 2.31 bits per heavy atom. The standard InChI is InChI=1S/C24H25ClN4O3/c1-2-31-20-4-3-5-21(16-20)32-17-24(30)29-14-12-28(13-15-29)23-11-10-22(26-27-23)18-6-8-19(25)9-7-18/h3-11,16H,2,12-15,17H2,1H3. The van der Waals surface area contributed by atoms with Gasteiger partial charge in [-0.3, -0.25) is 4.79 Å². The van der Waals surface area contributed by atoms with Crippen molar-refractivity contribution >= 4 is 23.3 Å². The second-order valence-electron chi connectivity index (χ2n) is 7.35. The maximum atomic E-state index is 12.6. The van der Waals surface area contributed by atoms with Crippen LogP contribution < -0.4 is 14.4 Å². The van der Waals surface area contributed by atoms with E-state index < -0.39 is 0 Å². The van der Waals surface area contributed by atoms with Gasteiger partial charge in [0.1, 0.15) is 11.5 Å². The molecule has 0 spiro atoms. The molecular formula is C24H25ClN4O3. The number of anilines is 1. The Morgan fingerprint density at radius 2 is 1.66 bits per heavy atom. The number of piperazine rings is 1. The Balaban J connectivity index is 1.27. The lowest BCUT2D eigenvalue weighted by Gasteiger charge is -2.35. The van der Waals surface area contributed by atoms with Crippen molar-refractivity contribution in [2.75, 3.05) is 44.3 Å². The molecule has 1 aliphatic heterocycles. The van der Waals surface area contributed by atoms with E-state index in [-0.39, 0.29) is 12.5 Å². The summed E-state index contributed by atoms with van der Waals surface area (Å²) in [5.74, 6) is 2.13. The van der Waals surface area contributed by atoms with Gasteiger partial charge < -0.3 is 19.3 Å². The van der Waals surface area contributed by atoms with E-state index in [2.05, 4.69) is 15.1 Å². The zero-order valence-electron chi connectivity index (χ0n) is 17.9. The topological polar surface area (TPSA) is 67.8 Å². The number of benzene rings is 2. The van der Waals surface area contributed by atoms with Crippen LogP contribution in [0, 0.1) is 0 Å². The maximum absolute atomic E-state index is 12.6. The number of rotatable bonds is 7. The normalized spacial score (nSPS) is 13.7. The van der Waals surface area contributed by atoms with Crippen LogP contribution in [0.5, 0.6) is 11.5 Å². The van der Waals surface area contributed by atoms with Crippen LogP contribution in [0.3, 0.4) is 0 Å². The fraction of sp³-hybridized carbons (Fsp3) is 0.292. The summed E-state index contributed by atoms with van der Waals surface area (Å²) in [6, 6.07) is 18.8. The summed E-state index contributed by atoms with van der Waals surface area (Å²) in [5.41, 5.74) is 1.76. The minimum absolute atomic E-state index is 0.00513. The van der Waals surface area contributed by atoms with Gasteiger partial charge in [0.2, 0.25) is 0 Å². The van der Waals surface area contributed by atoms with Gasteiger partial charge in [-0.15, -0.1) is 10.2 Å². The lowest BCUT2D eigenvalue weighted by molar-refractivity contribution is -0.133. The number of hydrogen-bond acceptors (Lipinski definition) is 6. The van der Waals surface area contributed by atoms with Crippen molar-refractivity contribution in [3.63, 3.8) is 0 Å². The summed E-state index contributed by atoms with van der Waals surface area (Å²) in [6.07, 6.45) is 0. The van der Waals surface area contributed by atoms with Gasteiger partial charge >= 0.3 is 0 Å². The Hall–Kier alpha value is -3.32. The molecule has 0 bridgehead atoms. The van der Waals surface area contributed by atoms with Crippen LogP contribution in [-0.2, 0) is 4.79 Å². The summed E-state index contributed by atoms with van der Waals surface area (Å²) in [5, 5.41) is 9.41. The van der Waals surface area contributed by atoms with E-state index in [0.29, 0.717) is 43.6 Å². The van der Waals surface area contributed by atoms with Crippen molar-refractivity contribution in [2.45, 2.75) is 6.92 Å². The van der Waals surface area contributed by atoms with Crippen molar-refractivity contribution in [3.05, 3.63) is 65.7 Å². The van der Waals surface area contributed by atoms with E-state index in [9.17, 15) is 4.79 Å². The van der Waals surface area contributed by atoms with Crippen molar-refractivity contribution in [1.29, 1.82) is 0 Å². The summed E-state index contributed by atoms with van der Waals surface area (Å²) in [7, 11) is 0. The number of amides is 1. The first kappa shape index (κ1) is 21.9. The van der Waals surface area contributed by atoms with Gasteiger partial charge in [-0.25, -0.2) is 0 Å². The van der Waals surface area contributed by atoms with Crippen LogP contribution in [0.1, 0.15) is 6.92 Å². The van der Waals surface area contributed by atoms with Crippen molar-refractivity contribution in [2.24, 2.45) is 0 Å². The highest BCUT2D eigenvalue weighted by Crippen LogP contribution is 2.22. The number of hydrogen-bond donors (Lipinski definition) is 0. The highest BCUT2D eigenvalue weighted by molar-refractivity contribution is 6.30. The molecule has 0 aliphatic carbocycles. The summed E-state index contributed by atoms with van der Waals surface area (Å²) < 4.78 is 11.1. The number of halogens is 1. The number of aromatic nitrogens is 2. The van der Waals surface area contributed by atoms with E-state index in [0.717, 1.165) is 22.8 Å². The lowest BCUT2D eigenvalue weighted by Crippen LogP contribution is -2.50. The molecule has 1 fully saturated rings. The number of nitrogens with zero attached hydrogens (tertiary/aromatic N) is 4. The average molecular weight is 453 g/mol. The molecule has 8 heteroatoms. The van der Waals surface area contributed by atoms with Crippen molar-refractivity contribution in [3.8, 4) is 22.8 Å². The Morgan fingerprint density at radius 1 is 0.938 bits per heavy atom. The van der Waals surface area contributed by atoms with Crippen LogP contribution in [0.25, 0.3) is 11.3 Å². The zero-order chi connectivity index (χ0) is 22.3. The summed E-state index contributed by atoms with van der Waals surface area (Å²) in [4.78, 5) is 16.5. The van der Waals surface area contributed by atoms with Crippen LogP contribution in [-0.4, -0.2) is 60.4 Å². The zero-order valence-corrected chi connectivity index (χ0v) is 18.7. The van der Waals surface area contributed by atoms with E-state index in [4.69, 9.17) is 21.1 Å². The average Bonchev–Trinajstić information content (AvgIpc) is 2.84.